The van der Waals surface area contributed by atoms with E-state index in [9.17, 15) is 27.2 Å². The van der Waals surface area contributed by atoms with Crippen molar-refractivity contribution in [2.75, 3.05) is 5.32 Å². The summed E-state index contributed by atoms with van der Waals surface area (Å²) in [6.45, 7) is 5.18. The standard InChI is InChI=1S/C22H21F4N7O2S/c1-4-32-7-12(10(3)30-32)11-6-13(19(23)24)28-22-16(11)17(18(36-22)21(27)35)29-15(34)8-33-9(2)5-14(31-33)20(25)26/h5-7,19-20H,4,8H2,1-3H3,(H2,27,35)(H,29,34). The molecule has 4 heterocycles. The molecule has 4 aromatic heterocycles. The van der Waals surface area contributed by atoms with E-state index in [-0.39, 0.29) is 20.8 Å². The number of thiophene rings is 1. The molecule has 0 fully saturated rings. The van der Waals surface area contributed by atoms with E-state index in [0.717, 1.165) is 22.1 Å². The first-order chi connectivity index (χ1) is 17.0. The van der Waals surface area contributed by atoms with E-state index in [0.29, 0.717) is 29.1 Å². The molecule has 0 bridgehead atoms. The zero-order valence-corrected chi connectivity index (χ0v) is 20.2. The minimum atomic E-state index is -2.89. The molecule has 0 saturated carbocycles. The van der Waals surface area contributed by atoms with Gasteiger partial charge in [-0.05, 0) is 38.5 Å². The van der Waals surface area contributed by atoms with Crippen molar-refractivity contribution in [3.05, 3.63) is 46.0 Å². The number of nitrogens with two attached hydrogens (primary N) is 1. The number of nitrogens with zero attached hydrogens (tertiary/aromatic N) is 5. The number of nitrogens with one attached hydrogen (secondary N) is 1. The van der Waals surface area contributed by atoms with E-state index in [1.165, 1.54) is 13.0 Å². The molecule has 0 aromatic carbocycles. The summed E-state index contributed by atoms with van der Waals surface area (Å²) in [7, 11) is 0. The van der Waals surface area contributed by atoms with Crippen LogP contribution in [-0.2, 0) is 17.9 Å². The van der Waals surface area contributed by atoms with Crippen LogP contribution < -0.4 is 11.1 Å². The number of alkyl halides is 4. The molecular weight excluding hydrogens is 502 g/mol. The van der Waals surface area contributed by atoms with Crippen LogP contribution in [0.2, 0.25) is 0 Å². The Morgan fingerprint density at radius 1 is 1.08 bits per heavy atom. The first-order valence-corrected chi connectivity index (χ1v) is 11.5. The summed E-state index contributed by atoms with van der Waals surface area (Å²) in [6.07, 6.45) is -4.02. The predicted octanol–water partition coefficient (Wildman–Crippen LogP) is 4.61. The SMILES string of the molecule is CCn1cc(-c2cc(C(F)F)nc3sc(C(N)=O)c(NC(=O)Cn4nc(C(F)F)cc4C)c23)c(C)n1. The first kappa shape index (κ1) is 25.3. The molecule has 0 aliphatic carbocycles. The Hall–Kier alpha value is -3.81. The first-order valence-electron chi connectivity index (χ1n) is 10.7. The molecule has 0 spiro atoms. The molecule has 14 heteroatoms. The van der Waals surface area contributed by atoms with Crippen molar-refractivity contribution in [3.63, 3.8) is 0 Å². The van der Waals surface area contributed by atoms with E-state index < -0.39 is 42.6 Å². The maximum Gasteiger partial charge on any atom is 0.282 e. The van der Waals surface area contributed by atoms with Crippen molar-refractivity contribution in [2.24, 2.45) is 5.73 Å². The number of hydrogen-bond donors (Lipinski definition) is 2. The molecule has 2 amide bonds. The van der Waals surface area contributed by atoms with Crippen molar-refractivity contribution in [1.82, 2.24) is 24.5 Å². The molecule has 0 aliphatic heterocycles. The number of aryl methyl sites for hydroxylation is 3. The van der Waals surface area contributed by atoms with E-state index in [2.05, 4.69) is 20.5 Å². The molecule has 0 unspecified atom stereocenters. The van der Waals surface area contributed by atoms with Crippen LogP contribution in [0, 0.1) is 13.8 Å². The number of carbonyl (C=O) groups excluding carboxylic acids is 2. The zero-order chi connectivity index (χ0) is 26.3. The fraction of sp³-hybridized carbons (Fsp3) is 0.318. The molecule has 4 rings (SSSR count). The number of primary amides is 1. The molecule has 4 aromatic rings. The average Bonchev–Trinajstić information content (AvgIpc) is 3.48. The van der Waals surface area contributed by atoms with E-state index in [4.69, 9.17) is 5.73 Å². The van der Waals surface area contributed by atoms with E-state index in [1.807, 2.05) is 6.92 Å². The summed E-state index contributed by atoms with van der Waals surface area (Å²) < 4.78 is 56.0. The van der Waals surface area contributed by atoms with Gasteiger partial charge in [0.25, 0.3) is 18.8 Å². The highest BCUT2D eigenvalue weighted by Gasteiger charge is 2.26. The summed E-state index contributed by atoms with van der Waals surface area (Å²) in [6, 6.07) is 2.35. The minimum absolute atomic E-state index is 0.00152. The number of rotatable bonds is 8. The van der Waals surface area contributed by atoms with Gasteiger partial charge in [-0.3, -0.25) is 19.0 Å². The fourth-order valence-corrected chi connectivity index (χ4v) is 4.81. The largest absolute Gasteiger partial charge is 0.365 e. The average molecular weight is 524 g/mol. The molecule has 0 saturated heterocycles. The third-order valence-electron chi connectivity index (χ3n) is 5.47. The Bertz CT molecular complexity index is 1470. The summed E-state index contributed by atoms with van der Waals surface area (Å²) in [5.41, 5.74) is 6.23. The minimum Gasteiger partial charge on any atom is -0.365 e. The fourth-order valence-electron chi connectivity index (χ4n) is 3.80. The predicted molar refractivity (Wildman–Crippen MR) is 125 cm³/mol. The number of anilines is 1. The maximum absolute atomic E-state index is 13.7. The molecule has 3 N–H and O–H groups in total. The molecule has 0 atom stereocenters. The highest BCUT2D eigenvalue weighted by molar-refractivity contribution is 7.21. The summed E-state index contributed by atoms with van der Waals surface area (Å²) in [4.78, 5) is 29.1. The quantitative estimate of drug-likeness (QED) is 0.327. The highest BCUT2D eigenvalue weighted by Crippen LogP contribution is 2.43. The molecule has 190 valence electrons. The van der Waals surface area contributed by atoms with Gasteiger partial charge >= 0.3 is 0 Å². The van der Waals surface area contributed by atoms with Crippen LogP contribution in [0.15, 0.2) is 18.3 Å². The third kappa shape index (κ3) is 4.67. The zero-order valence-electron chi connectivity index (χ0n) is 19.4. The van der Waals surface area contributed by atoms with Crippen LogP contribution in [0.3, 0.4) is 0 Å². The number of carbonyl (C=O) groups is 2. The van der Waals surface area contributed by atoms with Gasteiger partial charge < -0.3 is 11.1 Å². The van der Waals surface area contributed by atoms with Crippen LogP contribution in [0.5, 0.6) is 0 Å². The van der Waals surface area contributed by atoms with Crippen LogP contribution in [0.25, 0.3) is 21.3 Å². The van der Waals surface area contributed by atoms with Gasteiger partial charge in [0.1, 0.15) is 27.6 Å². The Kier molecular flexibility index (Phi) is 6.80. The van der Waals surface area contributed by atoms with Gasteiger partial charge in [-0.15, -0.1) is 11.3 Å². The maximum atomic E-state index is 13.7. The van der Waals surface area contributed by atoms with Crippen LogP contribution in [0.4, 0.5) is 23.2 Å². The number of fused-ring (bicyclic) bond motifs is 1. The number of amides is 2. The second-order valence-electron chi connectivity index (χ2n) is 7.95. The highest BCUT2D eigenvalue weighted by atomic mass is 32.1. The van der Waals surface area contributed by atoms with Gasteiger partial charge in [0.2, 0.25) is 5.91 Å². The van der Waals surface area contributed by atoms with Crippen molar-refractivity contribution in [1.29, 1.82) is 0 Å². The van der Waals surface area contributed by atoms with Crippen molar-refractivity contribution in [3.8, 4) is 11.1 Å². The van der Waals surface area contributed by atoms with Crippen molar-refractivity contribution < 1.29 is 27.2 Å². The van der Waals surface area contributed by atoms with Gasteiger partial charge in [-0.25, -0.2) is 22.5 Å². The second kappa shape index (κ2) is 9.68. The van der Waals surface area contributed by atoms with Gasteiger partial charge in [0.05, 0.1) is 11.4 Å². The number of hydrogen-bond acceptors (Lipinski definition) is 6. The third-order valence-corrected chi connectivity index (χ3v) is 6.57. The molecule has 9 nitrogen and oxygen atoms in total. The topological polar surface area (TPSA) is 121 Å². The second-order valence-corrected chi connectivity index (χ2v) is 8.95. The summed E-state index contributed by atoms with van der Waals surface area (Å²) in [5, 5.41) is 10.9. The van der Waals surface area contributed by atoms with Crippen LogP contribution >= 0.6 is 11.3 Å². The molecule has 0 radical (unpaired) electrons. The lowest BCUT2D eigenvalue weighted by atomic mass is 10.0. The molecule has 36 heavy (non-hydrogen) atoms. The van der Waals surface area contributed by atoms with Gasteiger partial charge in [0, 0.05) is 29.4 Å². The summed E-state index contributed by atoms with van der Waals surface area (Å²) >= 11 is 0.768. The Balaban J connectivity index is 1.85. The summed E-state index contributed by atoms with van der Waals surface area (Å²) in [5.74, 6) is -1.58. The van der Waals surface area contributed by atoms with E-state index >= 15 is 0 Å². The van der Waals surface area contributed by atoms with Gasteiger partial charge in [-0.2, -0.15) is 10.2 Å². The Morgan fingerprint density at radius 3 is 2.33 bits per heavy atom. The lowest BCUT2D eigenvalue weighted by Gasteiger charge is -2.11. The van der Waals surface area contributed by atoms with Crippen LogP contribution in [0.1, 0.15) is 52.2 Å². The lowest BCUT2D eigenvalue weighted by molar-refractivity contribution is -0.116. The monoisotopic (exact) mass is 523 g/mol. The van der Waals surface area contributed by atoms with Crippen molar-refractivity contribution >= 4 is 39.1 Å². The lowest BCUT2D eigenvalue weighted by Crippen LogP contribution is -2.22. The Morgan fingerprint density at radius 2 is 1.78 bits per heavy atom. The van der Waals surface area contributed by atoms with Crippen molar-refractivity contribution in [2.45, 2.75) is 46.7 Å². The Labute approximate surface area is 205 Å². The normalized spacial score (nSPS) is 11.7. The smallest absolute Gasteiger partial charge is 0.282 e. The number of aromatic nitrogens is 5. The molecular formula is C22H21F4N7O2S. The van der Waals surface area contributed by atoms with E-state index in [1.54, 1.807) is 17.8 Å². The molecule has 0 aliphatic rings. The number of halogens is 4. The van der Waals surface area contributed by atoms with Crippen LogP contribution in [-0.4, -0.2) is 36.4 Å². The van der Waals surface area contributed by atoms with Gasteiger partial charge in [-0.1, -0.05) is 0 Å². The number of pyridine rings is 1. The van der Waals surface area contributed by atoms with Gasteiger partial charge in [0.15, 0.2) is 0 Å².